The van der Waals surface area contributed by atoms with Crippen LogP contribution in [0.1, 0.15) is 44.7 Å². The number of likely N-dealkylation sites (tertiary alicyclic amines) is 1. The van der Waals surface area contributed by atoms with E-state index in [-0.39, 0.29) is 23.9 Å². The minimum Gasteiger partial charge on any atom is -0.336 e. The molecular formula is C19H29N3O2. The zero-order chi connectivity index (χ0) is 17.7. The lowest BCUT2D eigenvalue weighted by atomic mass is 9.95. The molecule has 0 saturated carbocycles. The maximum atomic E-state index is 12.6. The summed E-state index contributed by atoms with van der Waals surface area (Å²) in [4.78, 5) is 26.4. The lowest BCUT2D eigenvalue weighted by Gasteiger charge is -2.32. The molecule has 24 heavy (non-hydrogen) atoms. The van der Waals surface area contributed by atoms with Crippen molar-refractivity contribution in [1.29, 1.82) is 0 Å². The first-order valence-electron chi connectivity index (χ1n) is 8.87. The molecule has 1 aliphatic heterocycles. The summed E-state index contributed by atoms with van der Waals surface area (Å²) in [5, 5.41) is 6.02. The number of nitrogens with one attached hydrogen (secondary N) is 2. The highest BCUT2D eigenvalue weighted by Crippen LogP contribution is 2.24. The van der Waals surface area contributed by atoms with E-state index in [4.69, 9.17) is 0 Å². The van der Waals surface area contributed by atoms with Crippen molar-refractivity contribution in [2.24, 2.45) is 5.92 Å². The third-order valence-corrected chi connectivity index (χ3v) is 4.55. The fourth-order valence-corrected chi connectivity index (χ4v) is 3.11. The van der Waals surface area contributed by atoms with Crippen molar-refractivity contribution in [3.05, 3.63) is 29.3 Å². The molecule has 1 aliphatic rings. The van der Waals surface area contributed by atoms with Crippen LogP contribution in [0, 0.1) is 12.8 Å². The van der Waals surface area contributed by atoms with Crippen LogP contribution in [0.2, 0.25) is 0 Å². The van der Waals surface area contributed by atoms with Gasteiger partial charge in [-0.25, -0.2) is 4.79 Å². The van der Waals surface area contributed by atoms with E-state index in [2.05, 4.69) is 23.6 Å². The van der Waals surface area contributed by atoms with Crippen LogP contribution in [-0.4, -0.2) is 36.0 Å². The van der Waals surface area contributed by atoms with Crippen molar-refractivity contribution in [3.63, 3.8) is 0 Å². The molecule has 1 aromatic rings. The van der Waals surface area contributed by atoms with E-state index >= 15 is 0 Å². The summed E-state index contributed by atoms with van der Waals surface area (Å²) in [5.41, 5.74) is 3.21. The van der Waals surface area contributed by atoms with Gasteiger partial charge in [0.15, 0.2) is 0 Å². The Balaban J connectivity index is 1.93. The number of hydrogen-bond acceptors (Lipinski definition) is 2. The van der Waals surface area contributed by atoms with Gasteiger partial charge in [0.05, 0.1) is 0 Å². The standard InChI is InChI=1S/C19H29N3O2/c1-5-15-8-6-7-14(4)17(15)21-18(23)16-9-11-22(12-10-16)19(24)20-13(2)3/h6-8,13,16H,5,9-12H2,1-4H3,(H,20,24)(H,21,23). The molecule has 132 valence electrons. The van der Waals surface area contributed by atoms with Crippen LogP contribution < -0.4 is 10.6 Å². The lowest BCUT2D eigenvalue weighted by molar-refractivity contribution is -0.121. The molecule has 5 nitrogen and oxygen atoms in total. The van der Waals surface area contributed by atoms with Gasteiger partial charge >= 0.3 is 6.03 Å². The highest BCUT2D eigenvalue weighted by atomic mass is 16.2. The molecule has 5 heteroatoms. The summed E-state index contributed by atoms with van der Waals surface area (Å²) in [5.74, 6) is 0.0420. The Hall–Kier alpha value is -2.04. The summed E-state index contributed by atoms with van der Waals surface area (Å²) >= 11 is 0. The average molecular weight is 331 g/mol. The number of urea groups is 1. The highest BCUT2D eigenvalue weighted by molar-refractivity contribution is 5.94. The number of carbonyl (C=O) groups excluding carboxylic acids is 2. The first kappa shape index (κ1) is 18.3. The minimum absolute atomic E-state index is 0.0302. The average Bonchev–Trinajstić information content (AvgIpc) is 2.56. The SMILES string of the molecule is CCc1cccc(C)c1NC(=O)C1CCN(C(=O)NC(C)C)CC1. The number of rotatable bonds is 4. The second kappa shape index (κ2) is 8.18. The third-order valence-electron chi connectivity index (χ3n) is 4.55. The number of carbonyl (C=O) groups is 2. The number of amides is 3. The summed E-state index contributed by atoms with van der Waals surface area (Å²) in [6.07, 6.45) is 2.32. The molecule has 1 heterocycles. The van der Waals surface area contributed by atoms with Crippen LogP contribution in [-0.2, 0) is 11.2 Å². The summed E-state index contributed by atoms with van der Waals surface area (Å²) < 4.78 is 0. The van der Waals surface area contributed by atoms with Crippen LogP contribution in [0.4, 0.5) is 10.5 Å². The number of benzene rings is 1. The van der Waals surface area contributed by atoms with E-state index in [0.29, 0.717) is 25.9 Å². The molecule has 1 saturated heterocycles. The van der Waals surface area contributed by atoms with Gasteiger partial charge in [-0.1, -0.05) is 25.1 Å². The summed E-state index contributed by atoms with van der Waals surface area (Å²) in [6, 6.07) is 6.20. The number of anilines is 1. The molecule has 0 aliphatic carbocycles. The molecule has 0 bridgehead atoms. The molecule has 0 unspecified atom stereocenters. The molecule has 1 aromatic carbocycles. The van der Waals surface area contributed by atoms with Crippen LogP contribution in [0.15, 0.2) is 18.2 Å². The van der Waals surface area contributed by atoms with Crippen molar-refractivity contribution in [3.8, 4) is 0 Å². The Morgan fingerprint density at radius 2 is 1.92 bits per heavy atom. The first-order chi connectivity index (χ1) is 11.4. The molecule has 0 atom stereocenters. The number of para-hydroxylation sites is 1. The number of aryl methyl sites for hydroxylation is 2. The van der Waals surface area contributed by atoms with E-state index in [9.17, 15) is 9.59 Å². The van der Waals surface area contributed by atoms with Crippen molar-refractivity contribution in [1.82, 2.24) is 10.2 Å². The monoisotopic (exact) mass is 331 g/mol. The number of piperidine rings is 1. The normalized spacial score (nSPS) is 15.5. The van der Waals surface area contributed by atoms with Crippen LogP contribution in [0.3, 0.4) is 0 Å². The molecule has 2 N–H and O–H groups in total. The van der Waals surface area contributed by atoms with Crippen LogP contribution >= 0.6 is 0 Å². The molecule has 2 rings (SSSR count). The Labute approximate surface area is 144 Å². The van der Waals surface area contributed by atoms with Crippen molar-refractivity contribution < 1.29 is 9.59 Å². The van der Waals surface area contributed by atoms with Gasteiger partial charge in [0.2, 0.25) is 5.91 Å². The predicted octanol–water partition coefficient (Wildman–Crippen LogP) is 3.33. The van der Waals surface area contributed by atoms with E-state index in [0.717, 1.165) is 23.2 Å². The molecule has 1 fully saturated rings. The van der Waals surface area contributed by atoms with Gasteiger partial charge in [-0.2, -0.15) is 0 Å². The van der Waals surface area contributed by atoms with Gasteiger partial charge in [0.1, 0.15) is 0 Å². The number of nitrogens with zero attached hydrogens (tertiary/aromatic N) is 1. The smallest absolute Gasteiger partial charge is 0.317 e. The van der Waals surface area contributed by atoms with Crippen molar-refractivity contribution in [2.75, 3.05) is 18.4 Å². The Bertz CT molecular complexity index is 590. The topological polar surface area (TPSA) is 61.4 Å². The Morgan fingerprint density at radius 3 is 2.50 bits per heavy atom. The second-order valence-electron chi connectivity index (χ2n) is 6.82. The second-order valence-corrected chi connectivity index (χ2v) is 6.82. The van der Waals surface area contributed by atoms with Gasteiger partial charge < -0.3 is 15.5 Å². The van der Waals surface area contributed by atoms with E-state index in [1.54, 1.807) is 4.90 Å². The Morgan fingerprint density at radius 1 is 1.25 bits per heavy atom. The van der Waals surface area contributed by atoms with Gasteiger partial charge in [-0.15, -0.1) is 0 Å². The van der Waals surface area contributed by atoms with Crippen molar-refractivity contribution >= 4 is 17.6 Å². The first-order valence-corrected chi connectivity index (χ1v) is 8.87. The zero-order valence-corrected chi connectivity index (χ0v) is 15.2. The minimum atomic E-state index is -0.0315. The molecular weight excluding hydrogens is 302 g/mol. The molecule has 0 radical (unpaired) electrons. The predicted molar refractivity (Wildman–Crippen MR) is 97.2 cm³/mol. The molecule has 0 spiro atoms. The fraction of sp³-hybridized carbons (Fsp3) is 0.579. The molecule has 3 amide bonds. The van der Waals surface area contributed by atoms with Gasteiger partial charge in [-0.3, -0.25) is 4.79 Å². The third kappa shape index (κ3) is 4.49. The van der Waals surface area contributed by atoms with E-state index in [1.807, 2.05) is 32.9 Å². The van der Waals surface area contributed by atoms with Gasteiger partial charge in [0.25, 0.3) is 0 Å². The Kier molecular flexibility index (Phi) is 6.23. The van der Waals surface area contributed by atoms with Crippen LogP contribution in [0.25, 0.3) is 0 Å². The molecule has 0 aromatic heterocycles. The van der Waals surface area contributed by atoms with Crippen molar-refractivity contribution in [2.45, 2.75) is 53.0 Å². The van der Waals surface area contributed by atoms with E-state index in [1.165, 1.54) is 0 Å². The van der Waals surface area contributed by atoms with Crippen LogP contribution in [0.5, 0.6) is 0 Å². The zero-order valence-electron chi connectivity index (χ0n) is 15.2. The maximum Gasteiger partial charge on any atom is 0.317 e. The highest BCUT2D eigenvalue weighted by Gasteiger charge is 2.28. The number of hydrogen-bond donors (Lipinski definition) is 2. The fourth-order valence-electron chi connectivity index (χ4n) is 3.11. The van der Waals surface area contributed by atoms with E-state index < -0.39 is 0 Å². The quantitative estimate of drug-likeness (QED) is 0.889. The lowest BCUT2D eigenvalue weighted by Crippen LogP contribution is -2.47. The summed E-state index contributed by atoms with van der Waals surface area (Å²) in [6.45, 7) is 9.27. The van der Waals surface area contributed by atoms with Gasteiger partial charge in [0, 0.05) is 30.7 Å². The largest absolute Gasteiger partial charge is 0.336 e. The maximum absolute atomic E-state index is 12.6. The summed E-state index contributed by atoms with van der Waals surface area (Å²) in [7, 11) is 0. The van der Waals surface area contributed by atoms with Gasteiger partial charge in [-0.05, 0) is 51.2 Å².